The van der Waals surface area contributed by atoms with Gasteiger partial charge in [0.15, 0.2) is 5.82 Å². The molecule has 1 N–H and O–H groups in total. The number of aromatic nitrogens is 3. The smallest absolute Gasteiger partial charge is 0.291 e. The Hall–Kier alpha value is -3.73. The van der Waals surface area contributed by atoms with E-state index in [1.165, 1.54) is 0 Å². The van der Waals surface area contributed by atoms with Crippen molar-refractivity contribution in [2.24, 2.45) is 0 Å². The summed E-state index contributed by atoms with van der Waals surface area (Å²) in [6.07, 6.45) is 0. The zero-order valence-electron chi connectivity index (χ0n) is 17.4. The summed E-state index contributed by atoms with van der Waals surface area (Å²) < 4.78 is 1.77. The van der Waals surface area contributed by atoms with Gasteiger partial charge in [0.1, 0.15) is 0 Å². The number of carbonyl (C=O) groups is 1. The maximum atomic E-state index is 12.8. The molecule has 4 rings (SSSR count). The highest BCUT2D eigenvalue weighted by atomic mass is 16.2. The Morgan fingerprint density at radius 2 is 1.67 bits per heavy atom. The van der Waals surface area contributed by atoms with Gasteiger partial charge in [-0.3, -0.25) is 4.79 Å². The molecular formula is C25H24N4O. The Bertz CT molecular complexity index is 1200. The van der Waals surface area contributed by atoms with E-state index in [9.17, 15) is 4.79 Å². The van der Waals surface area contributed by atoms with E-state index in [-0.39, 0.29) is 11.7 Å². The third-order valence-corrected chi connectivity index (χ3v) is 4.98. The SMILES string of the molecule is Cc1cccc(-c2nc(C(=O)NCc3ccccc3)nn2-c2cc(C)ccc2C)c1. The molecule has 1 heterocycles. The van der Waals surface area contributed by atoms with Gasteiger partial charge < -0.3 is 5.32 Å². The second-order valence-electron chi connectivity index (χ2n) is 7.50. The predicted molar refractivity (Wildman–Crippen MR) is 119 cm³/mol. The van der Waals surface area contributed by atoms with Crippen molar-refractivity contribution in [1.82, 2.24) is 20.1 Å². The average molecular weight is 396 g/mol. The van der Waals surface area contributed by atoms with Crippen LogP contribution in [0.15, 0.2) is 72.8 Å². The van der Waals surface area contributed by atoms with Crippen molar-refractivity contribution in [2.45, 2.75) is 27.3 Å². The Labute approximate surface area is 176 Å². The lowest BCUT2D eigenvalue weighted by molar-refractivity contribution is 0.0940. The zero-order valence-corrected chi connectivity index (χ0v) is 17.4. The van der Waals surface area contributed by atoms with Gasteiger partial charge in [0.2, 0.25) is 5.82 Å². The summed E-state index contributed by atoms with van der Waals surface area (Å²) in [7, 11) is 0. The molecule has 5 heteroatoms. The Balaban J connectivity index is 1.74. The van der Waals surface area contributed by atoms with Crippen LogP contribution in [0, 0.1) is 20.8 Å². The fourth-order valence-electron chi connectivity index (χ4n) is 3.35. The molecule has 1 aromatic heterocycles. The van der Waals surface area contributed by atoms with Gasteiger partial charge >= 0.3 is 0 Å². The molecule has 1 amide bonds. The normalized spacial score (nSPS) is 10.8. The van der Waals surface area contributed by atoms with Crippen molar-refractivity contribution >= 4 is 5.91 Å². The fourth-order valence-corrected chi connectivity index (χ4v) is 3.35. The molecule has 0 fully saturated rings. The van der Waals surface area contributed by atoms with Gasteiger partial charge in [0, 0.05) is 12.1 Å². The summed E-state index contributed by atoms with van der Waals surface area (Å²) in [6.45, 7) is 6.54. The maximum Gasteiger partial charge on any atom is 0.291 e. The van der Waals surface area contributed by atoms with E-state index in [1.807, 2.05) is 69.3 Å². The van der Waals surface area contributed by atoms with E-state index >= 15 is 0 Å². The Morgan fingerprint density at radius 1 is 0.900 bits per heavy atom. The molecule has 4 aromatic rings. The predicted octanol–water partition coefficient (Wildman–Crippen LogP) is 4.79. The number of hydrogen-bond acceptors (Lipinski definition) is 3. The Morgan fingerprint density at radius 3 is 2.43 bits per heavy atom. The summed E-state index contributed by atoms with van der Waals surface area (Å²) in [5.74, 6) is 0.511. The van der Waals surface area contributed by atoms with Crippen molar-refractivity contribution in [3.05, 3.63) is 101 Å². The molecule has 5 nitrogen and oxygen atoms in total. The van der Waals surface area contributed by atoms with Crippen LogP contribution in [0.4, 0.5) is 0 Å². The van der Waals surface area contributed by atoms with Crippen molar-refractivity contribution in [3.8, 4) is 17.1 Å². The summed E-state index contributed by atoms with van der Waals surface area (Å²) >= 11 is 0. The maximum absolute atomic E-state index is 12.8. The lowest BCUT2D eigenvalue weighted by Gasteiger charge is -2.10. The van der Waals surface area contributed by atoms with Gasteiger partial charge in [0.25, 0.3) is 5.91 Å². The quantitative estimate of drug-likeness (QED) is 0.528. The number of hydrogen-bond donors (Lipinski definition) is 1. The third-order valence-electron chi connectivity index (χ3n) is 4.98. The molecule has 0 aliphatic carbocycles. The van der Waals surface area contributed by atoms with Crippen LogP contribution in [0.25, 0.3) is 17.1 Å². The molecule has 0 radical (unpaired) electrons. The monoisotopic (exact) mass is 396 g/mol. The number of nitrogens with zero attached hydrogens (tertiary/aromatic N) is 3. The van der Waals surface area contributed by atoms with Crippen LogP contribution in [-0.4, -0.2) is 20.7 Å². The van der Waals surface area contributed by atoms with E-state index in [0.717, 1.165) is 33.5 Å². The van der Waals surface area contributed by atoms with Crippen molar-refractivity contribution in [1.29, 1.82) is 0 Å². The highest BCUT2D eigenvalue weighted by molar-refractivity contribution is 5.91. The topological polar surface area (TPSA) is 59.8 Å². The summed E-state index contributed by atoms with van der Waals surface area (Å²) in [6, 6.07) is 24.1. The first-order valence-corrected chi connectivity index (χ1v) is 9.95. The molecule has 0 aliphatic rings. The van der Waals surface area contributed by atoms with Crippen LogP contribution in [0.2, 0.25) is 0 Å². The largest absolute Gasteiger partial charge is 0.345 e. The van der Waals surface area contributed by atoms with E-state index in [0.29, 0.717) is 12.4 Å². The first kappa shape index (κ1) is 19.6. The molecule has 0 spiro atoms. The molecule has 0 aliphatic heterocycles. The van der Waals surface area contributed by atoms with Crippen LogP contribution in [-0.2, 0) is 6.54 Å². The van der Waals surface area contributed by atoms with E-state index in [1.54, 1.807) is 4.68 Å². The van der Waals surface area contributed by atoms with Gasteiger partial charge in [0.05, 0.1) is 5.69 Å². The van der Waals surface area contributed by atoms with E-state index in [2.05, 4.69) is 39.7 Å². The minimum absolute atomic E-state index is 0.156. The molecular weight excluding hydrogens is 372 g/mol. The summed E-state index contributed by atoms with van der Waals surface area (Å²) in [4.78, 5) is 17.4. The average Bonchev–Trinajstić information content (AvgIpc) is 3.20. The zero-order chi connectivity index (χ0) is 21.1. The van der Waals surface area contributed by atoms with E-state index in [4.69, 9.17) is 0 Å². The molecule has 0 saturated heterocycles. The highest BCUT2D eigenvalue weighted by Gasteiger charge is 2.19. The van der Waals surface area contributed by atoms with E-state index < -0.39 is 0 Å². The fraction of sp³-hybridized carbons (Fsp3) is 0.160. The lowest BCUT2D eigenvalue weighted by atomic mass is 10.1. The highest BCUT2D eigenvalue weighted by Crippen LogP contribution is 2.24. The van der Waals surface area contributed by atoms with Crippen LogP contribution in [0.1, 0.15) is 32.9 Å². The number of aryl methyl sites for hydroxylation is 3. The number of amides is 1. The molecule has 0 atom stereocenters. The third kappa shape index (κ3) is 4.15. The van der Waals surface area contributed by atoms with Gasteiger partial charge in [-0.15, -0.1) is 5.10 Å². The minimum Gasteiger partial charge on any atom is -0.345 e. The van der Waals surface area contributed by atoms with Crippen molar-refractivity contribution in [2.75, 3.05) is 0 Å². The van der Waals surface area contributed by atoms with Gasteiger partial charge in [-0.1, -0.05) is 66.2 Å². The van der Waals surface area contributed by atoms with Gasteiger partial charge in [-0.2, -0.15) is 0 Å². The number of benzene rings is 3. The van der Waals surface area contributed by atoms with Gasteiger partial charge in [-0.05, 0) is 49.6 Å². The van der Waals surface area contributed by atoms with Crippen molar-refractivity contribution in [3.63, 3.8) is 0 Å². The molecule has 0 unspecified atom stereocenters. The minimum atomic E-state index is -0.295. The van der Waals surface area contributed by atoms with Gasteiger partial charge in [-0.25, -0.2) is 9.67 Å². The van der Waals surface area contributed by atoms with Crippen LogP contribution in [0.3, 0.4) is 0 Å². The number of carbonyl (C=O) groups excluding carboxylic acids is 1. The van der Waals surface area contributed by atoms with Crippen LogP contribution in [0.5, 0.6) is 0 Å². The molecule has 3 aromatic carbocycles. The Kier molecular flexibility index (Phi) is 5.44. The van der Waals surface area contributed by atoms with Crippen LogP contribution < -0.4 is 5.32 Å². The summed E-state index contributed by atoms with van der Waals surface area (Å²) in [5, 5.41) is 7.51. The first-order chi connectivity index (χ1) is 14.5. The summed E-state index contributed by atoms with van der Waals surface area (Å²) in [5.41, 5.74) is 6.18. The standard InChI is InChI=1S/C25H24N4O/c1-17-8-7-11-21(14-17)24-27-23(25(30)26-16-20-9-5-4-6-10-20)28-29(24)22-15-18(2)12-13-19(22)3/h4-15H,16H2,1-3H3,(H,26,30). The number of nitrogens with one attached hydrogen (secondary N) is 1. The number of rotatable bonds is 5. The molecule has 150 valence electrons. The lowest BCUT2D eigenvalue weighted by Crippen LogP contribution is -2.24. The second kappa shape index (κ2) is 8.33. The molecule has 30 heavy (non-hydrogen) atoms. The molecule has 0 saturated carbocycles. The van der Waals surface area contributed by atoms with Crippen molar-refractivity contribution < 1.29 is 4.79 Å². The molecule has 0 bridgehead atoms. The second-order valence-corrected chi connectivity index (χ2v) is 7.50. The first-order valence-electron chi connectivity index (χ1n) is 9.95. The van der Waals surface area contributed by atoms with Crippen LogP contribution >= 0.6 is 0 Å².